The van der Waals surface area contributed by atoms with Crippen LogP contribution in [-0.4, -0.2) is 28.4 Å². The van der Waals surface area contributed by atoms with Gasteiger partial charge in [-0.05, 0) is 17.0 Å². The summed E-state index contributed by atoms with van der Waals surface area (Å²) in [6.07, 6.45) is 4.03. The molecule has 0 fully saturated rings. The van der Waals surface area contributed by atoms with Gasteiger partial charge in [-0.15, -0.1) is 0 Å². The molecule has 0 aromatic carbocycles. The fourth-order valence-electron chi connectivity index (χ4n) is 1.81. The molecule has 1 aromatic heterocycles. The Kier molecular flexibility index (Phi) is 6.32. The fraction of sp³-hybridized carbons (Fsp3) is 0.562. The minimum absolute atomic E-state index is 0.0171. The van der Waals surface area contributed by atoms with Crippen molar-refractivity contribution in [3.63, 3.8) is 0 Å². The maximum atomic E-state index is 12.4. The molecule has 0 aliphatic rings. The summed E-state index contributed by atoms with van der Waals surface area (Å²) in [5.74, 6) is -0.0171. The van der Waals surface area contributed by atoms with Crippen molar-refractivity contribution in [1.82, 2.24) is 9.88 Å². The average Bonchev–Trinajstić information content (AvgIpc) is 2.43. The van der Waals surface area contributed by atoms with Crippen molar-refractivity contribution in [1.29, 1.82) is 5.26 Å². The minimum Gasteiger partial charge on any atom is -0.337 e. The molecule has 2 N–H and O–H groups in total. The van der Waals surface area contributed by atoms with Crippen LogP contribution in [0.3, 0.4) is 0 Å². The molecule has 1 atom stereocenters. The van der Waals surface area contributed by atoms with E-state index >= 15 is 0 Å². The molecule has 5 heteroatoms. The number of aromatic nitrogens is 1. The average molecular weight is 288 g/mol. The summed E-state index contributed by atoms with van der Waals surface area (Å²) in [5, 5.41) is 8.75. The Bertz CT molecular complexity index is 487. The van der Waals surface area contributed by atoms with Crippen molar-refractivity contribution in [3.05, 3.63) is 30.1 Å². The highest BCUT2D eigenvalue weighted by Crippen LogP contribution is 2.20. The predicted molar refractivity (Wildman–Crippen MR) is 81.9 cm³/mol. The van der Waals surface area contributed by atoms with Gasteiger partial charge in [0, 0.05) is 37.9 Å². The third-order valence-electron chi connectivity index (χ3n) is 3.45. The van der Waals surface area contributed by atoms with Crippen LogP contribution >= 0.6 is 0 Å². The predicted octanol–water partition coefficient (Wildman–Crippen LogP) is 2.09. The number of nitrogens with zero attached hydrogens (tertiary/aromatic N) is 3. The molecule has 0 radical (unpaired) electrons. The maximum Gasteiger partial charge on any atom is 0.224 e. The second-order valence-corrected chi connectivity index (χ2v) is 6.26. The van der Waals surface area contributed by atoms with Gasteiger partial charge in [0.25, 0.3) is 0 Å². The van der Waals surface area contributed by atoms with Gasteiger partial charge in [0.05, 0.1) is 12.5 Å². The lowest BCUT2D eigenvalue weighted by atomic mass is 9.85. The van der Waals surface area contributed by atoms with E-state index in [2.05, 4.69) is 11.1 Å². The molecular formula is C16H24N4O. The number of nitriles is 1. The van der Waals surface area contributed by atoms with Crippen molar-refractivity contribution in [3.8, 4) is 6.07 Å². The van der Waals surface area contributed by atoms with Gasteiger partial charge in [0.2, 0.25) is 5.91 Å². The monoisotopic (exact) mass is 288 g/mol. The molecule has 1 amide bonds. The number of carbonyl (C=O) groups excluding carboxylic acids is 1. The number of hydrogen-bond acceptors (Lipinski definition) is 4. The first-order valence-corrected chi connectivity index (χ1v) is 7.14. The number of rotatable bonds is 6. The molecule has 1 heterocycles. The van der Waals surface area contributed by atoms with E-state index in [9.17, 15) is 4.79 Å². The number of nitrogens with two attached hydrogens (primary N) is 1. The number of carbonyl (C=O) groups is 1. The molecule has 1 unspecified atom stereocenters. The molecule has 1 aromatic rings. The van der Waals surface area contributed by atoms with Gasteiger partial charge in [0.15, 0.2) is 0 Å². The summed E-state index contributed by atoms with van der Waals surface area (Å²) in [6.45, 7) is 6.94. The fourth-order valence-corrected chi connectivity index (χ4v) is 1.81. The zero-order chi connectivity index (χ0) is 15.9. The van der Waals surface area contributed by atoms with E-state index < -0.39 is 0 Å². The summed E-state index contributed by atoms with van der Waals surface area (Å²) in [4.78, 5) is 18.2. The Balaban J connectivity index is 2.73. The molecule has 1 rings (SSSR count). The van der Waals surface area contributed by atoms with Crippen LogP contribution in [-0.2, 0) is 11.3 Å². The van der Waals surface area contributed by atoms with Crippen molar-refractivity contribution in [2.24, 2.45) is 11.1 Å². The summed E-state index contributed by atoms with van der Waals surface area (Å²) >= 11 is 0. The zero-order valence-electron chi connectivity index (χ0n) is 13.0. The molecule has 0 saturated carbocycles. The molecule has 0 aliphatic carbocycles. The maximum absolute atomic E-state index is 12.4. The first-order valence-electron chi connectivity index (χ1n) is 7.14. The van der Waals surface area contributed by atoms with Gasteiger partial charge >= 0.3 is 0 Å². The molecule has 5 nitrogen and oxygen atoms in total. The van der Waals surface area contributed by atoms with Crippen LogP contribution in [0, 0.1) is 16.7 Å². The first kappa shape index (κ1) is 17.1. The highest BCUT2D eigenvalue weighted by atomic mass is 16.2. The second kappa shape index (κ2) is 7.75. The van der Waals surface area contributed by atoms with Gasteiger partial charge < -0.3 is 10.6 Å². The largest absolute Gasteiger partial charge is 0.337 e. The molecule has 0 bridgehead atoms. The van der Waals surface area contributed by atoms with Crippen LogP contribution in [0.4, 0.5) is 0 Å². The van der Waals surface area contributed by atoms with E-state index in [4.69, 9.17) is 11.0 Å². The van der Waals surface area contributed by atoms with E-state index in [0.29, 0.717) is 19.5 Å². The normalized spacial score (nSPS) is 12.5. The molecule has 0 spiro atoms. The van der Waals surface area contributed by atoms with Gasteiger partial charge in [-0.25, -0.2) is 0 Å². The standard InChI is InChI=1S/C16H24N4O/c1-16(2,3)14(18)10-15(21)20(9-5-7-17)12-13-6-4-8-19-11-13/h4,6,8,11,14H,5,9-10,12,18H2,1-3H3. The quantitative estimate of drug-likeness (QED) is 0.868. The molecule has 0 saturated heterocycles. The van der Waals surface area contributed by atoms with Crippen molar-refractivity contribution in [2.45, 2.75) is 46.2 Å². The van der Waals surface area contributed by atoms with Crippen molar-refractivity contribution in [2.75, 3.05) is 6.54 Å². The minimum atomic E-state index is -0.205. The summed E-state index contributed by atoms with van der Waals surface area (Å²) in [5.41, 5.74) is 6.92. The molecule has 21 heavy (non-hydrogen) atoms. The van der Waals surface area contributed by atoms with E-state index in [0.717, 1.165) is 5.56 Å². The summed E-state index contributed by atoms with van der Waals surface area (Å²) < 4.78 is 0. The van der Waals surface area contributed by atoms with Crippen molar-refractivity contribution < 1.29 is 4.79 Å². The Morgan fingerprint density at radius 1 is 1.52 bits per heavy atom. The van der Waals surface area contributed by atoms with E-state index in [1.165, 1.54) is 0 Å². The summed E-state index contributed by atoms with van der Waals surface area (Å²) in [6, 6.07) is 5.63. The molecule has 0 aliphatic heterocycles. The van der Waals surface area contributed by atoms with Crippen molar-refractivity contribution >= 4 is 5.91 Å². The highest BCUT2D eigenvalue weighted by molar-refractivity contribution is 5.77. The van der Waals surface area contributed by atoms with Crippen LogP contribution in [0.15, 0.2) is 24.5 Å². The SMILES string of the molecule is CC(C)(C)C(N)CC(=O)N(CCC#N)Cc1cccnc1. The summed E-state index contributed by atoms with van der Waals surface area (Å²) in [7, 11) is 0. The lowest BCUT2D eigenvalue weighted by Crippen LogP contribution is -2.41. The van der Waals surface area contributed by atoms with Crippen LogP contribution in [0.25, 0.3) is 0 Å². The van der Waals surface area contributed by atoms with Gasteiger partial charge in [0.1, 0.15) is 0 Å². The first-order chi connectivity index (χ1) is 9.84. The van der Waals surface area contributed by atoms with Gasteiger partial charge in [-0.3, -0.25) is 9.78 Å². The van der Waals surface area contributed by atoms with Crippen LogP contribution in [0.1, 0.15) is 39.2 Å². The van der Waals surface area contributed by atoms with Crippen LogP contribution in [0.2, 0.25) is 0 Å². The lowest BCUT2D eigenvalue weighted by molar-refractivity contribution is -0.132. The smallest absolute Gasteiger partial charge is 0.224 e. The zero-order valence-corrected chi connectivity index (χ0v) is 13.0. The number of hydrogen-bond donors (Lipinski definition) is 1. The van der Waals surface area contributed by atoms with Crippen LogP contribution in [0.5, 0.6) is 0 Å². The topological polar surface area (TPSA) is 83.0 Å². The third kappa shape index (κ3) is 5.92. The van der Waals surface area contributed by atoms with E-state index in [1.54, 1.807) is 17.3 Å². The lowest BCUT2D eigenvalue weighted by Gasteiger charge is -2.29. The van der Waals surface area contributed by atoms with Gasteiger partial charge in [-0.1, -0.05) is 26.8 Å². The third-order valence-corrected chi connectivity index (χ3v) is 3.45. The van der Waals surface area contributed by atoms with Crippen LogP contribution < -0.4 is 5.73 Å². The Morgan fingerprint density at radius 2 is 2.24 bits per heavy atom. The van der Waals surface area contributed by atoms with E-state index in [1.807, 2.05) is 32.9 Å². The van der Waals surface area contributed by atoms with Gasteiger partial charge in [-0.2, -0.15) is 5.26 Å². The molecular weight excluding hydrogens is 264 g/mol. The van der Waals surface area contributed by atoms with E-state index in [-0.39, 0.29) is 23.8 Å². The number of amides is 1. The Hall–Kier alpha value is -1.93. The Labute approximate surface area is 126 Å². The highest BCUT2D eigenvalue weighted by Gasteiger charge is 2.25. The molecule has 114 valence electrons. The Morgan fingerprint density at radius 3 is 2.76 bits per heavy atom. The number of pyridine rings is 1. The second-order valence-electron chi connectivity index (χ2n) is 6.26.